The summed E-state index contributed by atoms with van der Waals surface area (Å²) in [5, 5.41) is 12.3. The molecule has 0 aliphatic heterocycles. The van der Waals surface area contributed by atoms with Crippen molar-refractivity contribution in [2.75, 3.05) is 25.1 Å². The molecule has 0 aromatic heterocycles. The van der Waals surface area contributed by atoms with Gasteiger partial charge >= 0.3 is 0 Å². The lowest BCUT2D eigenvalue weighted by molar-refractivity contribution is 0.131. The van der Waals surface area contributed by atoms with Crippen LogP contribution in [0.15, 0.2) is 22.7 Å². The smallest absolute Gasteiger partial charge is 0.103 e. The first-order chi connectivity index (χ1) is 8.79. The second kappa shape index (κ2) is 8.96. The minimum atomic E-state index is 0.657. The number of unbranched alkanes of at least 4 members (excludes halogenated alkanes) is 1. The zero-order chi connectivity index (χ0) is 13.2. The topological polar surface area (TPSA) is 45.0 Å². The molecule has 0 fully saturated rings. The van der Waals surface area contributed by atoms with Gasteiger partial charge in [0.25, 0.3) is 0 Å². The fourth-order valence-electron chi connectivity index (χ4n) is 1.53. The summed E-state index contributed by atoms with van der Waals surface area (Å²) in [7, 11) is 0. The van der Waals surface area contributed by atoms with E-state index in [9.17, 15) is 0 Å². The Hall–Kier alpha value is -1.05. The molecule has 0 saturated heterocycles. The molecule has 98 valence electrons. The number of anilines is 1. The van der Waals surface area contributed by atoms with Gasteiger partial charge in [0.05, 0.1) is 11.3 Å². The van der Waals surface area contributed by atoms with Crippen molar-refractivity contribution in [1.29, 1.82) is 5.26 Å². The Labute approximate surface area is 117 Å². The highest BCUT2D eigenvalue weighted by molar-refractivity contribution is 9.10. The first-order valence-electron chi connectivity index (χ1n) is 6.29. The lowest BCUT2D eigenvalue weighted by atomic mass is 10.2. The molecule has 0 atom stereocenters. The first kappa shape index (κ1) is 15.0. The number of nitriles is 1. The first-order valence-corrected chi connectivity index (χ1v) is 7.09. The maximum absolute atomic E-state index is 9.05. The molecular formula is C14H19BrN2O. The zero-order valence-electron chi connectivity index (χ0n) is 10.7. The molecule has 0 saturated carbocycles. The van der Waals surface area contributed by atoms with E-state index in [4.69, 9.17) is 10.00 Å². The third-order valence-electron chi connectivity index (χ3n) is 2.55. The molecule has 18 heavy (non-hydrogen) atoms. The standard InChI is InChI=1S/C14H19BrN2O/c1-2-3-9-18-10-5-8-17-14-7-4-6-13(15)12(14)11-16/h4,6-7,17H,2-3,5,8-10H2,1H3. The van der Waals surface area contributed by atoms with Gasteiger partial charge in [-0.1, -0.05) is 19.4 Å². The van der Waals surface area contributed by atoms with Crippen LogP contribution < -0.4 is 5.32 Å². The third kappa shape index (κ3) is 5.07. The van der Waals surface area contributed by atoms with Crippen molar-refractivity contribution in [2.45, 2.75) is 26.2 Å². The highest BCUT2D eigenvalue weighted by atomic mass is 79.9. The molecule has 0 amide bonds. The van der Waals surface area contributed by atoms with Crippen LogP contribution in [-0.2, 0) is 4.74 Å². The van der Waals surface area contributed by atoms with Crippen molar-refractivity contribution >= 4 is 21.6 Å². The second-order valence-electron chi connectivity index (χ2n) is 4.02. The van der Waals surface area contributed by atoms with E-state index < -0.39 is 0 Å². The van der Waals surface area contributed by atoms with Gasteiger partial charge < -0.3 is 10.1 Å². The Balaban J connectivity index is 2.28. The summed E-state index contributed by atoms with van der Waals surface area (Å²) in [6.07, 6.45) is 3.24. The fraction of sp³-hybridized carbons (Fsp3) is 0.500. The Morgan fingerprint density at radius 3 is 2.83 bits per heavy atom. The average Bonchev–Trinajstić information content (AvgIpc) is 2.38. The number of ether oxygens (including phenoxy) is 1. The molecule has 1 aromatic rings. The maximum atomic E-state index is 9.05. The van der Waals surface area contributed by atoms with E-state index in [-0.39, 0.29) is 0 Å². The van der Waals surface area contributed by atoms with Crippen LogP contribution in [0.1, 0.15) is 31.7 Å². The number of rotatable bonds is 8. The van der Waals surface area contributed by atoms with Gasteiger partial charge in [-0.25, -0.2) is 0 Å². The van der Waals surface area contributed by atoms with Crippen molar-refractivity contribution < 1.29 is 4.74 Å². The van der Waals surface area contributed by atoms with E-state index >= 15 is 0 Å². The normalized spacial score (nSPS) is 10.1. The fourth-order valence-corrected chi connectivity index (χ4v) is 1.99. The Morgan fingerprint density at radius 1 is 1.33 bits per heavy atom. The highest BCUT2D eigenvalue weighted by Gasteiger charge is 2.04. The van der Waals surface area contributed by atoms with Gasteiger partial charge in [0.15, 0.2) is 0 Å². The Bertz CT molecular complexity index is 401. The minimum absolute atomic E-state index is 0.657. The minimum Gasteiger partial charge on any atom is -0.384 e. The van der Waals surface area contributed by atoms with Crippen LogP contribution in [0.3, 0.4) is 0 Å². The van der Waals surface area contributed by atoms with E-state index in [0.717, 1.165) is 42.8 Å². The van der Waals surface area contributed by atoms with E-state index in [1.54, 1.807) is 0 Å². The molecule has 0 unspecified atom stereocenters. The monoisotopic (exact) mass is 310 g/mol. The van der Waals surface area contributed by atoms with Crippen molar-refractivity contribution in [3.63, 3.8) is 0 Å². The lowest BCUT2D eigenvalue weighted by Gasteiger charge is -2.09. The summed E-state index contributed by atoms with van der Waals surface area (Å²) in [6.45, 7) is 4.58. The molecule has 0 spiro atoms. The molecule has 0 aliphatic carbocycles. The van der Waals surface area contributed by atoms with Crippen molar-refractivity contribution in [1.82, 2.24) is 0 Å². The van der Waals surface area contributed by atoms with Crippen LogP contribution in [0.4, 0.5) is 5.69 Å². The number of hydrogen-bond donors (Lipinski definition) is 1. The van der Waals surface area contributed by atoms with Gasteiger partial charge in [0, 0.05) is 24.2 Å². The van der Waals surface area contributed by atoms with Crippen molar-refractivity contribution in [3.05, 3.63) is 28.2 Å². The number of halogens is 1. The zero-order valence-corrected chi connectivity index (χ0v) is 12.3. The van der Waals surface area contributed by atoms with Gasteiger partial charge in [-0.05, 0) is 40.9 Å². The lowest BCUT2D eigenvalue weighted by Crippen LogP contribution is -2.07. The summed E-state index contributed by atoms with van der Waals surface area (Å²) in [5.41, 5.74) is 1.53. The van der Waals surface area contributed by atoms with E-state index in [0.29, 0.717) is 5.56 Å². The van der Waals surface area contributed by atoms with Gasteiger partial charge in [0.1, 0.15) is 6.07 Å². The summed E-state index contributed by atoms with van der Waals surface area (Å²) >= 11 is 3.37. The highest BCUT2D eigenvalue weighted by Crippen LogP contribution is 2.23. The third-order valence-corrected chi connectivity index (χ3v) is 3.21. The van der Waals surface area contributed by atoms with Crippen LogP contribution in [0.2, 0.25) is 0 Å². The molecule has 0 bridgehead atoms. The maximum Gasteiger partial charge on any atom is 0.103 e. The predicted octanol–water partition coefficient (Wildman–Crippen LogP) is 3.94. The summed E-state index contributed by atoms with van der Waals surface area (Å²) in [4.78, 5) is 0. The molecular weight excluding hydrogens is 292 g/mol. The Kier molecular flexibility index (Phi) is 7.47. The van der Waals surface area contributed by atoms with E-state index in [1.807, 2.05) is 18.2 Å². The summed E-state index contributed by atoms with van der Waals surface area (Å²) in [6, 6.07) is 7.90. The molecule has 1 rings (SSSR count). The largest absolute Gasteiger partial charge is 0.384 e. The van der Waals surface area contributed by atoms with Gasteiger partial charge in [-0.15, -0.1) is 0 Å². The quantitative estimate of drug-likeness (QED) is 0.740. The number of nitrogens with zero attached hydrogens (tertiary/aromatic N) is 1. The van der Waals surface area contributed by atoms with Crippen molar-refractivity contribution in [2.24, 2.45) is 0 Å². The molecule has 1 aromatic carbocycles. The summed E-state index contributed by atoms with van der Waals surface area (Å²) < 4.78 is 6.31. The van der Waals surface area contributed by atoms with Gasteiger partial charge in [-0.2, -0.15) is 5.26 Å². The van der Waals surface area contributed by atoms with Crippen LogP contribution in [0, 0.1) is 11.3 Å². The predicted molar refractivity (Wildman–Crippen MR) is 77.7 cm³/mol. The van der Waals surface area contributed by atoms with Gasteiger partial charge in [0.2, 0.25) is 0 Å². The van der Waals surface area contributed by atoms with Crippen LogP contribution >= 0.6 is 15.9 Å². The van der Waals surface area contributed by atoms with Crippen LogP contribution in [-0.4, -0.2) is 19.8 Å². The molecule has 3 nitrogen and oxygen atoms in total. The van der Waals surface area contributed by atoms with E-state index in [2.05, 4.69) is 34.2 Å². The molecule has 0 radical (unpaired) electrons. The SMILES string of the molecule is CCCCOCCCNc1cccc(Br)c1C#N. The average molecular weight is 311 g/mol. The number of benzene rings is 1. The van der Waals surface area contributed by atoms with E-state index in [1.165, 1.54) is 6.42 Å². The molecule has 4 heteroatoms. The molecule has 0 heterocycles. The van der Waals surface area contributed by atoms with Gasteiger partial charge in [-0.3, -0.25) is 0 Å². The summed E-state index contributed by atoms with van der Waals surface area (Å²) in [5.74, 6) is 0. The second-order valence-corrected chi connectivity index (χ2v) is 4.87. The number of nitrogens with one attached hydrogen (secondary N) is 1. The molecule has 0 aliphatic rings. The van der Waals surface area contributed by atoms with Crippen LogP contribution in [0.25, 0.3) is 0 Å². The Morgan fingerprint density at radius 2 is 2.11 bits per heavy atom. The van der Waals surface area contributed by atoms with Crippen LogP contribution in [0.5, 0.6) is 0 Å². The molecule has 1 N–H and O–H groups in total. The number of hydrogen-bond acceptors (Lipinski definition) is 3. The van der Waals surface area contributed by atoms with Crippen molar-refractivity contribution in [3.8, 4) is 6.07 Å².